The van der Waals surface area contributed by atoms with E-state index >= 15 is 0 Å². The highest BCUT2D eigenvalue weighted by Gasteiger charge is 2.11. The third-order valence-corrected chi connectivity index (χ3v) is 5.84. The van der Waals surface area contributed by atoms with Gasteiger partial charge >= 0.3 is 0 Å². The number of pyridine rings is 1. The lowest BCUT2D eigenvalue weighted by Crippen LogP contribution is -2.28. The molecule has 35 heavy (non-hydrogen) atoms. The summed E-state index contributed by atoms with van der Waals surface area (Å²) < 4.78 is 5.34. The van der Waals surface area contributed by atoms with Crippen LogP contribution in [-0.4, -0.2) is 41.7 Å². The van der Waals surface area contributed by atoms with Crippen LogP contribution in [0.4, 0.5) is 5.69 Å². The lowest BCUT2D eigenvalue weighted by atomic mass is 10.1. The highest BCUT2D eigenvalue weighted by atomic mass is 35.5. The van der Waals surface area contributed by atoms with Gasteiger partial charge in [-0.05, 0) is 73.5 Å². The Morgan fingerprint density at radius 2 is 1.89 bits per heavy atom. The quantitative estimate of drug-likeness (QED) is 0.171. The maximum atomic E-state index is 12.8. The van der Waals surface area contributed by atoms with Gasteiger partial charge in [0.25, 0.3) is 5.91 Å². The zero-order valence-corrected chi connectivity index (χ0v) is 20.4. The van der Waals surface area contributed by atoms with Crippen LogP contribution in [0.15, 0.2) is 77.4 Å². The molecule has 0 aliphatic carbocycles. The first-order valence-corrected chi connectivity index (χ1v) is 11.7. The van der Waals surface area contributed by atoms with Crippen molar-refractivity contribution in [2.24, 2.45) is 0 Å². The first kappa shape index (κ1) is 24.2. The Kier molecular flexibility index (Phi) is 7.63. The van der Waals surface area contributed by atoms with Crippen molar-refractivity contribution in [3.63, 3.8) is 0 Å². The number of ketones is 1. The number of fused-ring (bicyclic) bond motifs is 1. The maximum absolute atomic E-state index is 12.8. The number of hydrogen-bond acceptors (Lipinski definition) is 5. The van der Waals surface area contributed by atoms with Crippen LogP contribution in [0.5, 0.6) is 0 Å². The van der Waals surface area contributed by atoms with Gasteiger partial charge in [0.2, 0.25) is 5.78 Å². The summed E-state index contributed by atoms with van der Waals surface area (Å²) >= 11 is 6.06. The van der Waals surface area contributed by atoms with E-state index in [2.05, 4.69) is 10.3 Å². The van der Waals surface area contributed by atoms with Crippen molar-refractivity contribution in [3.8, 4) is 0 Å². The Morgan fingerprint density at radius 1 is 1.09 bits per heavy atom. The predicted octanol–water partition coefficient (Wildman–Crippen LogP) is 6.26. The zero-order chi connectivity index (χ0) is 24.8. The summed E-state index contributed by atoms with van der Waals surface area (Å²) in [6.45, 7) is 3.12. The first-order valence-electron chi connectivity index (χ1n) is 11.3. The van der Waals surface area contributed by atoms with Gasteiger partial charge in [-0.15, -0.1) is 0 Å². The summed E-state index contributed by atoms with van der Waals surface area (Å²) in [6, 6.07) is 18.2. The topological polar surface area (TPSA) is 75.4 Å². The molecule has 0 aliphatic heterocycles. The normalized spacial score (nSPS) is 11.2. The van der Waals surface area contributed by atoms with E-state index in [9.17, 15) is 9.59 Å². The Balaban J connectivity index is 1.27. The number of aromatic nitrogens is 1. The molecule has 4 aromatic rings. The van der Waals surface area contributed by atoms with Gasteiger partial charge in [-0.1, -0.05) is 29.8 Å². The van der Waals surface area contributed by atoms with E-state index < -0.39 is 0 Å². The van der Waals surface area contributed by atoms with Crippen LogP contribution in [-0.2, 0) is 0 Å². The molecule has 1 amide bonds. The summed E-state index contributed by atoms with van der Waals surface area (Å²) in [5.74, 6) is 0.755. The third kappa shape index (κ3) is 6.16. The molecule has 2 aromatic carbocycles. The zero-order valence-electron chi connectivity index (χ0n) is 19.6. The summed E-state index contributed by atoms with van der Waals surface area (Å²) in [5, 5.41) is 5.09. The Bertz CT molecular complexity index is 1380. The molecule has 0 spiro atoms. The fraction of sp³-hybridized carbons (Fsp3) is 0.179. The van der Waals surface area contributed by atoms with Crippen molar-refractivity contribution >= 4 is 46.0 Å². The second-order valence-corrected chi connectivity index (χ2v) is 8.69. The molecule has 0 atom stereocenters. The number of amides is 1. The average Bonchev–Trinajstić information content (AvgIpc) is 3.31. The molecule has 6 nitrogen and oxygen atoms in total. The summed E-state index contributed by atoms with van der Waals surface area (Å²) in [7, 11) is 1.80. The van der Waals surface area contributed by atoms with Gasteiger partial charge < -0.3 is 14.6 Å². The van der Waals surface area contributed by atoms with Crippen molar-refractivity contribution < 1.29 is 14.0 Å². The minimum absolute atomic E-state index is 0.0494. The van der Waals surface area contributed by atoms with Gasteiger partial charge in [-0.25, -0.2) is 0 Å². The third-order valence-electron chi connectivity index (χ3n) is 5.61. The molecule has 2 aromatic heterocycles. The predicted molar refractivity (Wildman–Crippen MR) is 140 cm³/mol. The van der Waals surface area contributed by atoms with Gasteiger partial charge in [0, 0.05) is 48.0 Å². The van der Waals surface area contributed by atoms with Gasteiger partial charge in [0.05, 0.1) is 5.52 Å². The van der Waals surface area contributed by atoms with E-state index in [0.717, 1.165) is 28.6 Å². The average molecular weight is 488 g/mol. The van der Waals surface area contributed by atoms with Crippen molar-refractivity contribution in [2.75, 3.05) is 25.5 Å². The van der Waals surface area contributed by atoms with E-state index in [4.69, 9.17) is 16.0 Å². The number of carbonyl (C=O) groups is 2. The Hall–Kier alpha value is -3.90. The van der Waals surface area contributed by atoms with E-state index in [-0.39, 0.29) is 11.7 Å². The van der Waals surface area contributed by atoms with Gasteiger partial charge in [-0.2, -0.15) is 0 Å². The lowest BCUT2D eigenvalue weighted by molar-refractivity contribution is 0.0794. The molecular formula is C28H26ClN3O3. The monoisotopic (exact) mass is 487 g/mol. The molecular weight excluding hydrogens is 462 g/mol. The Labute approximate surface area is 209 Å². The number of rotatable bonds is 9. The standard InChI is InChI=1S/C28H26ClN3O3/c1-19-4-13-27(35-19)26(33)12-7-20-5-8-21(9-6-20)28(34)32(2)17-3-15-30-24-14-16-31-25-18-22(29)10-11-23(24)25/h4-14,16,18H,3,15,17H2,1-2H3,(H,30,31)/b12-7+. The number of anilines is 1. The summed E-state index contributed by atoms with van der Waals surface area (Å²) in [6.07, 6.45) is 5.72. The highest BCUT2D eigenvalue weighted by Crippen LogP contribution is 2.24. The van der Waals surface area contributed by atoms with Crippen LogP contribution in [0.2, 0.25) is 5.02 Å². The first-order chi connectivity index (χ1) is 16.9. The number of aryl methyl sites for hydroxylation is 1. The van der Waals surface area contributed by atoms with E-state index in [0.29, 0.717) is 35.2 Å². The molecule has 4 rings (SSSR count). The van der Waals surface area contributed by atoms with Gasteiger partial charge in [0.1, 0.15) is 5.76 Å². The van der Waals surface area contributed by atoms with Gasteiger partial charge in [0.15, 0.2) is 5.76 Å². The molecule has 2 heterocycles. The van der Waals surface area contributed by atoms with E-state index in [1.807, 2.05) is 36.4 Å². The van der Waals surface area contributed by atoms with Crippen LogP contribution < -0.4 is 5.32 Å². The highest BCUT2D eigenvalue weighted by molar-refractivity contribution is 6.31. The molecule has 0 bridgehead atoms. The van der Waals surface area contributed by atoms with Crippen LogP contribution in [0.1, 0.15) is 38.7 Å². The van der Waals surface area contributed by atoms with Crippen molar-refractivity contribution in [1.29, 1.82) is 0 Å². The van der Waals surface area contributed by atoms with Crippen LogP contribution in [0.3, 0.4) is 0 Å². The molecule has 0 unspecified atom stereocenters. The van der Waals surface area contributed by atoms with Crippen molar-refractivity contribution in [1.82, 2.24) is 9.88 Å². The molecule has 0 saturated heterocycles. The fourth-order valence-electron chi connectivity index (χ4n) is 3.69. The second-order valence-electron chi connectivity index (χ2n) is 8.26. The lowest BCUT2D eigenvalue weighted by Gasteiger charge is -2.18. The smallest absolute Gasteiger partial charge is 0.253 e. The molecule has 178 valence electrons. The molecule has 0 saturated carbocycles. The summed E-state index contributed by atoms with van der Waals surface area (Å²) in [4.78, 5) is 31.0. The number of benzene rings is 2. The number of halogens is 1. The minimum Gasteiger partial charge on any atom is -0.458 e. The maximum Gasteiger partial charge on any atom is 0.253 e. The van der Waals surface area contributed by atoms with Gasteiger partial charge in [-0.3, -0.25) is 14.6 Å². The number of nitrogens with one attached hydrogen (secondary N) is 1. The van der Waals surface area contributed by atoms with E-state index in [1.165, 1.54) is 6.08 Å². The number of allylic oxidation sites excluding steroid dienone is 1. The van der Waals surface area contributed by atoms with E-state index in [1.54, 1.807) is 55.4 Å². The molecule has 0 fully saturated rings. The SMILES string of the molecule is Cc1ccc(C(=O)/C=C/c2ccc(C(=O)N(C)CCCNc3ccnc4cc(Cl)ccc34)cc2)o1. The van der Waals surface area contributed by atoms with Crippen LogP contribution in [0.25, 0.3) is 17.0 Å². The number of furan rings is 1. The van der Waals surface area contributed by atoms with Crippen molar-refractivity contribution in [3.05, 3.63) is 101 Å². The molecule has 1 N–H and O–H groups in total. The van der Waals surface area contributed by atoms with Crippen LogP contribution in [0, 0.1) is 6.92 Å². The second kappa shape index (κ2) is 11.0. The number of hydrogen-bond donors (Lipinski definition) is 1. The fourth-order valence-corrected chi connectivity index (χ4v) is 3.86. The summed E-state index contributed by atoms with van der Waals surface area (Å²) in [5.41, 5.74) is 3.26. The number of carbonyl (C=O) groups excluding carboxylic acids is 2. The minimum atomic E-state index is -0.199. The Morgan fingerprint density at radius 3 is 2.63 bits per heavy atom. The molecule has 7 heteroatoms. The largest absolute Gasteiger partial charge is 0.458 e. The van der Waals surface area contributed by atoms with Crippen LogP contribution >= 0.6 is 11.6 Å². The molecule has 0 radical (unpaired) electrons. The molecule has 0 aliphatic rings. The van der Waals surface area contributed by atoms with Crippen molar-refractivity contribution in [2.45, 2.75) is 13.3 Å². The number of nitrogens with zero attached hydrogens (tertiary/aromatic N) is 2.